The minimum Gasteiger partial charge on any atom is -0.477 e. The maximum atomic E-state index is 12.4. The molecule has 13 heteroatoms. The van der Waals surface area contributed by atoms with E-state index in [1.807, 2.05) is 16.5 Å². The van der Waals surface area contributed by atoms with Crippen molar-refractivity contribution in [3.63, 3.8) is 0 Å². The highest BCUT2D eigenvalue weighted by atomic mass is 32.2. The number of aliphatic hydroxyl groups excluding tert-OH is 1. The normalized spacial score (nSPS) is 30.3. The number of β-lactam (4-membered cyclic amide) rings is 1. The van der Waals surface area contributed by atoms with Gasteiger partial charge in [-0.25, -0.2) is 9.93 Å². The molecule has 12 nitrogen and oxygen atoms in total. The number of carbonyl (C=O) groups is 3. The van der Waals surface area contributed by atoms with E-state index in [9.17, 15) is 33.0 Å². The van der Waals surface area contributed by atoms with Crippen LogP contribution in [-0.4, -0.2) is 90.6 Å². The molecule has 0 aliphatic carbocycles. The highest BCUT2D eigenvalue weighted by Crippen LogP contribution is 2.47. The molecule has 0 radical (unpaired) electrons. The Morgan fingerprint density at radius 1 is 1.37 bits per heavy atom. The Kier molecular flexibility index (Phi) is 6.20. The summed E-state index contributed by atoms with van der Waals surface area (Å²) in [6, 6.07) is -0.574. The van der Waals surface area contributed by atoms with Gasteiger partial charge in [0, 0.05) is 31.6 Å². The molecule has 2 fully saturated rings. The van der Waals surface area contributed by atoms with Gasteiger partial charge in [0.05, 0.1) is 24.6 Å². The quantitative estimate of drug-likeness (QED) is 0.248. The average Bonchev–Trinajstić information content (AvgIpc) is 3.14. The highest BCUT2D eigenvalue weighted by Gasteiger charge is 2.59. The summed E-state index contributed by atoms with van der Waals surface area (Å²) in [5, 5.41) is 27.1. The van der Waals surface area contributed by atoms with Crippen molar-refractivity contribution in [2.45, 2.75) is 38.5 Å². The van der Waals surface area contributed by atoms with Crippen LogP contribution >= 0.6 is 0 Å². The first kappa shape index (κ1) is 22.6. The maximum Gasteiger partial charge on any atom is 0.352 e. The number of hydrogen-bond acceptors (Lipinski definition) is 7. The number of nitrogens with one attached hydrogen (secondary N) is 2. The third-order valence-corrected chi connectivity index (χ3v) is 6.53. The minimum atomic E-state index is -3.95. The van der Waals surface area contributed by atoms with Gasteiger partial charge in [-0.1, -0.05) is 6.92 Å². The molecule has 3 aliphatic rings. The Morgan fingerprint density at radius 3 is 2.60 bits per heavy atom. The lowest BCUT2D eigenvalue weighted by Gasteiger charge is -2.46. The van der Waals surface area contributed by atoms with Gasteiger partial charge in [-0.15, -0.1) is 0 Å². The zero-order valence-electron chi connectivity index (χ0n) is 16.7. The first-order valence-electron chi connectivity index (χ1n) is 9.67. The molecule has 0 aromatic heterocycles. The van der Waals surface area contributed by atoms with Crippen LogP contribution in [0.3, 0.4) is 0 Å². The van der Waals surface area contributed by atoms with Gasteiger partial charge in [-0.2, -0.15) is 13.1 Å². The monoisotopic (exact) mass is 445 g/mol. The van der Waals surface area contributed by atoms with Crippen molar-refractivity contribution in [3.8, 4) is 0 Å². The average molecular weight is 445 g/mol. The third kappa shape index (κ3) is 4.34. The number of carbonyl (C=O) groups excluding carboxylic acids is 2. The highest BCUT2D eigenvalue weighted by molar-refractivity contribution is 7.87. The van der Waals surface area contributed by atoms with Gasteiger partial charge in [0.2, 0.25) is 11.8 Å². The predicted octanol–water partition coefficient (Wildman–Crippen LogP) is -2.83. The van der Waals surface area contributed by atoms with E-state index in [4.69, 9.17) is 5.14 Å². The molecule has 3 heterocycles. The SMILES string of the molecule is C[C@@H](O)C1C(=O)N2C(C(=O)O)=C(CN3CC[C@H](NC(=O)CNS(N)(=O)=O)C3)[C@H](C)C12. The Morgan fingerprint density at radius 2 is 2.03 bits per heavy atom. The van der Waals surface area contributed by atoms with E-state index >= 15 is 0 Å². The van der Waals surface area contributed by atoms with Crippen LogP contribution in [0.25, 0.3) is 0 Å². The molecule has 0 bridgehead atoms. The van der Waals surface area contributed by atoms with Crippen molar-refractivity contribution in [1.29, 1.82) is 0 Å². The number of carboxylic acid groups (broad SMARTS) is 1. The van der Waals surface area contributed by atoms with Crippen LogP contribution in [0.4, 0.5) is 0 Å². The van der Waals surface area contributed by atoms with Crippen LogP contribution < -0.4 is 15.2 Å². The fraction of sp³-hybridized carbons (Fsp3) is 0.706. The maximum absolute atomic E-state index is 12.4. The largest absolute Gasteiger partial charge is 0.477 e. The zero-order chi connectivity index (χ0) is 22.4. The van der Waals surface area contributed by atoms with E-state index in [1.165, 1.54) is 11.8 Å². The van der Waals surface area contributed by atoms with E-state index in [1.54, 1.807) is 0 Å². The number of nitrogens with zero attached hydrogens (tertiary/aromatic N) is 2. The lowest BCUT2D eigenvalue weighted by molar-refractivity contribution is -0.163. The van der Waals surface area contributed by atoms with Gasteiger partial charge in [0.15, 0.2) is 0 Å². The molecule has 0 spiro atoms. The summed E-state index contributed by atoms with van der Waals surface area (Å²) in [7, 11) is -3.95. The Labute approximate surface area is 174 Å². The number of carboxylic acids is 1. The molecule has 0 aromatic carbocycles. The molecular formula is C17H27N5O7S. The second-order valence-corrected chi connectivity index (χ2v) is 9.47. The van der Waals surface area contributed by atoms with Gasteiger partial charge in [0.1, 0.15) is 5.70 Å². The Balaban J connectivity index is 1.63. The van der Waals surface area contributed by atoms with Crippen molar-refractivity contribution in [2.24, 2.45) is 17.0 Å². The molecular weight excluding hydrogens is 418 g/mol. The zero-order valence-corrected chi connectivity index (χ0v) is 17.6. The number of likely N-dealkylation sites (tertiary alicyclic amines) is 1. The number of aliphatic carboxylic acids is 1. The predicted molar refractivity (Wildman–Crippen MR) is 104 cm³/mol. The summed E-state index contributed by atoms with van der Waals surface area (Å²) >= 11 is 0. The van der Waals surface area contributed by atoms with Crippen LogP contribution in [0, 0.1) is 11.8 Å². The van der Waals surface area contributed by atoms with Crippen molar-refractivity contribution >= 4 is 28.0 Å². The fourth-order valence-corrected chi connectivity index (χ4v) is 4.97. The smallest absolute Gasteiger partial charge is 0.352 e. The van der Waals surface area contributed by atoms with Gasteiger partial charge in [-0.05, 0) is 18.9 Å². The summed E-state index contributed by atoms with van der Waals surface area (Å²) in [5.41, 5.74) is 0.617. The second kappa shape index (κ2) is 8.23. The minimum absolute atomic E-state index is 0.0146. The van der Waals surface area contributed by atoms with E-state index < -0.39 is 40.7 Å². The summed E-state index contributed by atoms with van der Waals surface area (Å²) in [4.78, 5) is 39.4. The van der Waals surface area contributed by atoms with Crippen LogP contribution in [0.1, 0.15) is 20.3 Å². The van der Waals surface area contributed by atoms with Gasteiger partial charge < -0.3 is 20.4 Å². The number of hydrogen-bond donors (Lipinski definition) is 5. The van der Waals surface area contributed by atoms with Gasteiger partial charge in [-0.3, -0.25) is 14.5 Å². The molecule has 0 aromatic rings. The van der Waals surface area contributed by atoms with E-state index in [0.29, 0.717) is 31.6 Å². The molecule has 2 amide bonds. The van der Waals surface area contributed by atoms with E-state index in [2.05, 4.69) is 5.32 Å². The number of amides is 2. The first-order valence-corrected chi connectivity index (χ1v) is 11.2. The summed E-state index contributed by atoms with van der Waals surface area (Å²) in [6.07, 6.45) is -0.235. The molecule has 0 saturated carbocycles. The second-order valence-electron chi connectivity index (χ2n) is 8.09. The molecule has 3 aliphatic heterocycles. The summed E-state index contributed by atoms with van der Waals surface area (Å²) in [5.74, 6) is -2.87. The number of nitrogens with two attached hydrogens (primary N) is 1. The fourth-order valence-electron chi connectivity index (χ4n) is 4.63. The van der Waals surface area contributed by atoms with Crippen LogP contribution in [0.5, 0.6) is 0 Å². The molecule has 2 unspecified atom stereocenters. The standard InChI is InChI=1S/C17H27N5O7S/c1-8-11(15(17(26)27)22-14(8)13(9(2)23)16(22)25)7-21-4-3-10(6-21)20-12(24)5-19-30(18,28)29/h8-10,13-14,19,23H,3-7H2,1-2H3,(H,20,24)(H,26,27)(H2,18,28,29)/t8-,9+,10-,13?,14?/m0/s1. The van der Waals surface area contributed by atoms with Crippen molar-refractivity contribution in [1.82, 2.24) is 19.8 Å². The Bertz CT molecular complexity index is 887. The van der Waals surface area contributed by atoms with Crippen LogP contribution in [-0.2, 0) is 24.6 Å². The van der Waals surface area contributed by atoms with E-state index in [-0.39, 0.29) is 29.6 Å². The molecule has 168 valence electrons. The number of rotatable bonds is 8. The number of aliphatic hydroxyl groups is 1. The lowest BCUT2D eigenvalue weighted by Crippen LogP contribution is -2.63. The Hall–Kier alpha value is -2.06. The number of fused-ring (bicyclic) bond motifs is 1. The lowest BCUT2D eigenvalue weighted by atomic mass is 9.77. The summed E-state index contributed by atoms with van der Waals surface area (Å²) < 4.78 is 23.6. The van der Waals surface area contributed by atoms with Crippen LogP contribution in [0.2, 0.25) is 0 Å². The van der Waals surface area contributed by atoms with Gasteiger partial charge in [0.25, 0.3) is 10.2 Å². The molecule has 2 saturated heterocycles. The summed E-state index contributed by atoms with van der Waals surface area (Å²) in [6.45, 7) is 4.33. The van der Waals surface area contributed by atoms with Crippen LogP contribution in [0.15, 0.2) is 11.3 Å². The topological polar surface area (TPSA) is 182 Å². The first-order chi connectivity index (χ1) is 13.9. The van der Waals surface area contributed by atoms with E-state index in [0.717, 1.165) is 0 Å². The van der Waals surface area contributed by atoms with Gasteiger partial charge >= 0.3 is 5.97 Å². The molecule has 6 N–H and O–H groups in total. The third-order valence-electron chi connectivity index (χ3n) is 5.98. The van der Waals surface area contributed by atoms with Crippen molar-refractivity contribution < 1.29 is 33.0 Å². The molecule has 5 atom stereocenters. The van der Waals surface area contributed by atoms with Crippen molar-refractivity contribution in [2.75, 3.05) is 26.2 Å². The molecule has 3 rings (SSSR count). The van der Waals surface area contributed by atoms with Crippen molar-refractivity contribution in [3.05, 3.63) is 11.3 Å². The molecule has 30 heavy (non-hydrogen) atoms.